The first kappa shape index (κ1) is 11.7. The Labute approximate surface area is 75.7 Å². The number of ether oxygens (including phenoxy) is 1. The van der Waals surface area contributed by atoms with Crippen LogP contribution in [-0.4, -0.2) is 53.8 Å². The monoisotopic (exact) mass is 138 g/mol. The Morgan fingerprint density at radius 1 is 1.78 bits per heavy atom. The molecule has 0 aliphatic heterocycles. The molecular weight excluding hydrogens is 131 g/mol. The number of terminal acetylenes is 1. The number of hydrogen-bond acceptors (Lipinski definition) is 2. The molecule has 9 heavy (non-hydrogen) atoms. The van der Waals surface area contributed by atoms with Crippen LogP contribution in [0.4, 0.5) is 0 Å². The molecule has 4 heteroatoms. The summed E-state index contributed by atoms with van der Waals surface area (Å²) in [4.78, 5) is 9.68. The van der Waals surface area contributed by atoms with Gasteiger partial charge >= 0.3 is 35.5 Å². The van der Waals surface area contributed by atoms with Crippen molar-refractivity contribution in [3.05, 3.63) is 0 Å². The summed E-state index contributed by atoms with van der Waals surface area (Å²) in [6.45, 7) is -0.253. The second kappa shape index (κ2) is 7.99. The zero-order chi connectivity index (χ0) is 6.41. The molecule has 0 aliphatic carbocycles. The van der Waals surface area contributed by atoms with Crippen molar-refractivity contribution >= 4 is 35.5 Å². The van der Waals surface area contributed by atoms with Crippen molar-refractivity contribution in [2.75, 3.05) is 13.2 Å². The summed E-state index contributed by atoms with van der Waals surface area (Å²) in [6.07, 6.45) is 4.75. The van der Waals surface area contributed by atoms with Crippen molar-refractivity contribution in [3.63, 3.8) is 0 Å². The summed E-state index contributed by atoms with van der Waals surface area (Å²) in [7, 11) is 0. The van der Waals surface area contributed by atoms with Gasteiger partial charge in [-0.1, -0.05) is 5.92 Å². The second-order valence-electron chi connectivity index (χ2n) is 1.09. The molecule has 0 amide bonds. The second-order valence-corrected chi connectivity index (χ2v) is 1.09. The molecule has 0 saturated heterocycles. The Hall–Kier alpha value is -0.0100. The Kier molecular flexibility index (Phi) is 10.4. The van der Waals surface area contributed by atoms with Gasteiger partial charge in [0.1, 0.15) is 13.2 Å². The zero-order valence-corrected chi connectivity index (χ0v) is 4.26. The van der Waals surface area contributed by atoms with E-state index in [1.165, 1.54) is 0 Å². The fourth-order valence-electron chi connectivity index (χ4n) is 0.197. The number of aliphatic carboxylic acids is 1. The number of carbonyl (C=O) groups is 1. The van der Waals surface area contributed by atoms with Gasteiger partial charge < -0.3 is 9.84 Å². The Morgan fingerprint density at radius 2 is 2.33 bits per heavy atom. The van der Waals surface area contributed by atoms with Gasteiger partial charge in [-0.05, 0) is 0 Å². The number of rotatable bonds is 3. The summed E-state index contributed by atoms with van der Waals surface area (Å²) in [6, 6.07) is 0. The van der Waals surface area contributed by atoms with Crippen molar-refractivity contribution < 1.29 is 14.6 Å². The van der Waals surface area contributed by atoms with E-state index in [2.05, 4.69) is 10.7 Å². The zero-order valence-electron chi connectivity index (χ0n) is 4.26. The molecule has 0 unspecified atom stereocenters. The van der Waals surface area contributed by atoms with Crippen molar-refractivity contribution in [2.45, 2.75) is 0 Å². The molecule has 3 nitrogen and oxygen atoms in total. The fraction of sp³-hybridized carbons (Fsp3) is 0.400. The molecule has 0 spiro atoms. The molecule has 0 bridgehead atoms. The molecule has 0 atom stereocenters. The SMILES string of the molecule is C#CCOCC(=O)O.[NaH]. The van der Waals surface area contributed by atoms with E-state index in [0.29, 0.717) is 0 Å². The van der Waals surface area contributed by atoms with E-state index >= 15 is 0 Å². The van der Waals surface area contributed by atoms with Gasteiger partial charge in [-0.15, -0.1) is 6.42 Å². The first-order valence-corrected chi connectivity index (χ1v) is 2.00. The standard InChI is InChI=1S/C5H6O3.Na.H/c1-2-3-8-4-5(6)7;;/h1H,3-4H2,(H,6,7);;. The first-order chi connectivity index (χ1) is 3.77. The van der Waals surface area contributed by atoms with Crippen LogP contribution in [0.1, 0.15) is 0 Å². The van der Waals surface area contributed by atoms with Crippen LogP contribution < -0.4 is 0 Å². The molecule has 0 rings (SSSR count). The molecule has 0 aromatic rings. The number of carboxylic acid groups (broad SMARTS) is 1. The average molecular weight is 138 g/mol. The van der Waals surface area contributed by atoms with Gasteiger partial charge in [0.2, 0.25) is 0 Å². The summed E-state index contributed by atoms with van der Waals surface area (Å²) in [5, 5.41) is 7.95. The molecule has 46 valence electrons. The molecule has 0 fully saturated rings. The van der Waals surface area contributed by atoms with Gasteiger partial charge in [-0.2, -0.15) is 0 Å². The van der Waals surface area contributed by atoms with E-state index in [-0.39, 0.29) is 42.8 Å². The summed E-state index contributed by atoms with van der Waals surface area (Å²) >= 11 is 0. The van der Waals surface area contributed by atoms with Crippen LogP contribution in [-0.2, 0) is 9.53 Å². The van der Waals surface area contributed by atoms with Crippen LogP contribution in [0.3, 0.4) is 0 Å². The molecule has 0 radical (unpaired) electrons. The van der Waals surface area contributed by atoms with Gasteiger partial charge in [0, 0.05) is 0 Å². The molecule has 0 heterocycles. The van der Waals surface area contributed by atoms with Gasteiger partial charge in [-0.3, -0.25) is 0 Å². The molecule has 0 saturated carbocycles. The third-order valence-electron chi connectivity index (χ3n) is 0.411. The van der Waals surface area contributed by atoms with Crippen LogP contribution >= 0.6 is 0 Å². The molecule has 0 aromatic carbocycles. The topological polar surface area (TPSA) is 46.5 Å². The summed E-state index contributed by atoms with van der Waals surface area (Å²) in [5.74, 6) is 1.14. The maximum absolute atomic E-state index is 9.68. The summed E-state index contributed by atoms with van der Waals surface area (Å²) in [5.41, 5.74) is 0. The van der Waals surface area contributed by atoms with E-state index in [4.69, 9.17) is 11.5 Å². The fourth-order valence-corrected chi connectivity index (χ4v) is 0.197. The third kappa shape index (κ3) is 11.5. The van der Waals surface area contributed by atoms with Crippen LogP contribution in [0.5, 0.6) is 0 Å². The average Bonchev–Trinajstić information content (AvgIpc) is 1.66. The molecule has 1 N–H and O–H groups in total. The van der Waals surface area contributed by atoms with Crippen molar-refractivity contribution in [3.8, 4) is 12.3 Å². The van der Waals surface area contributed by atoms with Gasteiger partial charge in [0.15, 0.2) is 0 Å². The minimum atomic E-state index is -1.000. The van der Waals surface area contributed by atoms with E-state index in [9.17, 15) is 4.79 Å². The van der Waals surface area contributed by atoms with Gasteiger partial charge in [-0.25, -0.2) is 4.79 Å². The predicted octanol–water partition coefficient (Wildman–Crippen LogP) is -0.928. The minimum absolute atomic E-state index is 0. The van der Waals surface area contributed by atoms with Gasteiger partial charge in [0.05, 0.1) is 0 Å². The first-order valence-electron chi connectivity index (χ1n) is 2.00. The van der Waals surface area contributed by atoms with Gasteiger partial charge in [0.25, 0.3) is 0 Å². The quantitative estimate of drug-likeness (QED) is 0.311. The van der Waals surface area contributed by atoms with E-state index < -0.39 is 5.97 Å². The van der Waals surface area contributed by atoms with Crippen molar-refractivity contribution in [1.82, 2.24) is 0 Å². The van der Waals surface area contributed by atoms with E-state index in [0.717, 1.165) is 0 Å². The Bertz CT molecular complexity index is 116. The van der Waals surface area contributed by atoms with Crippen molar-refractivity contribution in [2.24, 2.45) is 0 Å². The summed E-state index contributed by atoms with van der Waals surface area (Å²) < 4.78 is 4.41. The number of carboxylic acids is 1. The van der Waals surface area contributed by atoms with Crippen LogP contribution in [0.15, 0.2) is 0 Å². The normalized spacial score (nSPS) is 7.00. The van der Waals surface area contributed by atoms with E-state index in [1.807, 2.05) is 0 Å². The predicted molar refractivity (Wildman–Crippen MR) is 34.4 cm³/mol. The maximum atomic E-state index is 9.68. The molecule has 0 aromatic heterocycles. The number of hydrogen-bond donors (Lipinski definition) is 1. The van der Waals surface area contributed by atoms with Crippen molar-refractivity contribution in [1.29, 1.82) is 0 Å². The van der Waals surface area contributed by atoms with Crippen LogP contribution in [0, 0.1) is 12.3 Å². The molecule has 0 aliphatic rings. The molecular formula is C5H7NaO3. The Morgan fingerprint density at radius 3 is 2.67 bits per heavy atom. The van der Waals surface area contributed by atoms with E-state index in [1.54, 1.807) is 0 Å². The van der Waals surface area contributed by atoms with Crippen LogP contribution in [0.2, 0.25) is 0 Å². The Balaban J connectivity index is 0. The van der Waals surface area contributed by atoms with Crippen LogP contribution in [0.25, 0.3) is 0 Å². The third-order valence-corrected chi connectivity index (χ3v) is 0.411.